The number of nitrogens with zero attached hydrogens (tertiary/aromatic N) is 1. The number of anilines is 2. The molecule has 1 heterocycles. The monoisotopic (exact) mass is 285 g/mol. The van der Waals surface area contributed by atoms with E-state index in [-0.39, 0.29) is 0 Å². The van der Waals surface area contributed by atoms with Crippen molar-refractivity contribution in [2.75, 3.05) is 5.32 Å². The SMILES string of the molecule is Cc1ccnc(Nc2ccccc2C(C)C)c1C(N)=S. The topological polar surface area (TPSA) is 50.9 Å². The molecule has 0 atom stereocenters. The van der Waals surface area contributed by atoms with Crippen LogP contribution in [-0.4, -0.2) is 9.97 Å². The van der Waals surface area contributed by atoms with Gasteiger partial charge in [-0.05, 0) is 36.1 Å². The van der Waals surface area contributed by atoms with Crippen LogP contribution in [0.2, 0.25) is 0 Å². The van der Waals surface area contributed by atoms with Gasteiger partial charge in [-0.25, -0.2) is 4.98 Å². The summed E-state index contributed by atoms with van der Waals surface area (Å²) in [6.07, 6.45) is 1.76. The smallest absolute Gasteiger partial charge is 0.140 e. The predicted molar refractivity (Wildman–Crippen MR) is 88.7 cm³/mol. The summed E-state index contributed by atoms with van der Waals surface area (Å²) in [5.41, 5.74) is 9.93. The highest BCUT2D eigenvalue weighted by molar-refractivity contribution is 7.80. The van der Waals surface area contributed by atoms with E-state index in [1.807, 2.05) is 31.2 Å². The lowest BCUT2D eigenvalue weighted by molar-refractivity contribution is 0.869. The Morgan fingerprint density at radius 2 is 1.95 bits per heavy atom. The van der Waals surface area contributed by atoms with Crippen molar-refractivity contribution in [3.63, 3.8) is 0 Å². The Labute approximate surface area is 125 Å². The Hall–Kier alpha value is -1.94. The minimum Gasteiger partial charge on any atom is -0.389 e. The molecule has 0 aliphatic carbocycles. The molecule has 0 radical (unpaired) electrons. The van der Waals surface area contributed by atoms with E-state index in [0.717, 1.165) is 16.8 Å². The van der Waals surface area contributed by atoms with Crippen molar-refractivity contribution in [1.29, 1.82) is 0 Å². The molecule has 0 fully saturated rings. The molecule has 3 nitrogen and oxygen atoms in total. The van der Waals surface area contributed by atoms with Crippen LogP contribution in [0.4, 0.5) is 11.5 Å². The second-order valence-corrected chi connectivity index (χ2v) is 5.52. The number of nitrogens with two attached hydrogens (primary N) is 1. The van der Waals surface area contributed by atoms with E-state index in [1.54, 1.807) is 6.20 Å². The number of para-hydroxylation sites is 1. The van der Waals surface area contributed by atoms with Gasteiger partial charge in [0.15, 0.2) is 0 Å². The van der Waals surface area contributed by atoms with Crippen LogP contribution in [0, 0.1) is 6.92 Å². The third-order valence-corrected chi connectivity index (χ3v) is 3.45. The summed E-state index contributed by atoms with van der Waals surface area (Å²) in [7, 11) is 0. The molecule has 20 heavy (non-hydrogen) atoms. The summed E-state index contributed by atoms with van der Waals surface area (Å²) >= 11 is 5.14. The summed E-state index contributed by atoms with van der Waals surface area (Å²) in [4.78, 5) is 4.74. The van der Waals surface area contributed by atoms with Gasteiger partial charge in [-0.15, -0.1) is 0 Å². The summed E-state index contributed by atoms with van der Waals surface area (Å²) in [6.45, 7) is 6.31. The van der Waals surface area contributed by atoms with E-state index in [2.05, 4.69) is 30.2 Å². The Kier molecular flexibility index (Phi) is 4.35. The van der Waals surface area contributed by atoms with Crippen LogP contribution in [-0.2, 0) is 0 Å². The fourth-order valence-corrected chi connectivity index (χ4v) is 2.46. The van der Waals surface area contributed by atoms with Crippen LogP contribution >= 0.6 is 12.2 Å². The average Bonchev–Trinajstić information content (AvgIpc) is 2.38. The fourth-order valence-electron chi connectivity index (χ4n) is 2.21. The van der Waals surface area contributed by atoms with Crippen molar-refractivity contribution in [2.24, 2.45) is 5.73 Å². The first-order valence-electron chi connectivity index (χ1n) is 6.62. The van der Waals surface area contributed by atoms with E-state index in [1.165, 1.54) is 5.56 Å². The van der Waals surface area contributed by atoms with E-state index in [0.29, 0.717) is 16.7 Å². The van der Waals surface area contributed by atoms with E-state index in [9.17, 15) is 0 Å². The quantitative estimate of drug-likeness (QED) is 0.837. The van der Waals surface area contributed by atoms with Gasteiger partial charge in [0.05, 0.1) is 5.56 Å². The highest BCUT2D eigenvalue weighted by atomic mass is 32.1. The fraction of sp³-hybridized carbons (Fsp3) is 0.250. The van der Waals surface area contributed by atoms with Crippen molar-refractivity contribution in [3.8, 4) is 0 Å². The van der Waals surface area contributed by atoms with Crippen molar-refractivity contribution in [2.45, 2.75) is 26.7 Å². The number of aromatic nitrogens is 1. The molecular weight excluding hydrogens is 266 g/mol. The number of hydrogen-bond acceptors (Lipinski definition) is 3. The Balaban J connectivity index is 2.46. The lowest BCUT2D eigenvalue weighted by atomic mass is 10.0. The van der Waals surface area contributed by atoms with Gasteiger partial charge in [0.1, 0.15) is 10.8 Å². The number of thiocarbonyl (C=S) groups is 1. The molecule has 2 aromatic rings. The largest absolute Gasteiger partial charge is 0.389 e. The van der Waals surface area contributed by atoms with Gasteiger partial charge in [-0.3, -0.25) is 0 Å². The number of benzene rings is 1. The maximum Gasteiger partial charge on any atom is 0.140 e. The van der Waals surface area contributed by atoms with Gasteiger partial charge in [0.25, 0.3) is 0 Å². The van der Waals surface area contributed by atoms with Gasteiger partial charge in [-0.2, -0.15) is 0 Å². The third-order valence-electron chi connectivity index (χ3n) is 3.24. The van der Waals surface area contributed by atoms with Crippen LogP contribution in [0.1, 0.15) is 36.5 Å². The van der Waals surface area contributed by atoms with Gasteiger partial charge in [0, 0.05) is 11.9 Å². The number of nitrogens with one attached hydrogen (secondary N) is 1. The maximum absolute atomic E-state index is 5.82. The molecule has 2 rings (SSSR count). The van der Waals surface area contributed by atoms with Gasteiger partial charge >= 0.3 is 0 Å². The van der Waals surface area contributed by atoms with Gasteiger partial charge < -0.3 is 11.1 Å². The molecule has 0 saturated heterocycles. The maximum atomic E-state index is 5.82. The van der Waals surface area contributed by atoms with Crippen LogP contribution in [0.25, 0.3) is 0 Å². The van der Waals surface area contributed by atoms with Crippen molar-refractivity contribution in [3.05, 3.63) is 53.2 Å². The van der Waals surface area contributed by atoms with Crippen LogP contribution < -0.4 is 11.1 Å². The zero-order chi connectivity index (χ0) is 14.7. The third kappa shape index (κ3) is 2.96. The second kappa shape index (κ2) is 6.01. The number of pyridine rings is 1. The first-order valence-corrected chi connectivity index (χ1v) is 7.03. The Morgan fingerprint density at radius 3 is 2.60 bits per heavy atom. The first kappa shape index (κ1) is 14.5. The summed E-state index contributed by atoms with van der Waals surface area (Å²) in [5, 5.41) is 3.37. The van der Waals surface area contributed by atoms with Crippen molar-refractivity contribution >= 4 is 28.7 Å². The minimum atomic E-state index is 0.361. The summed E-state index contributed by atoms with van der Waals surface area (Å²) in [5.74, 6) is 1.14. The average molecular weight is 285 g/mol. The minimum absolute atomic E-state index is 0.361. The molecule has 0 amide bonds. The lowest BCUT2D eigenvalue weighted by Crippen LogP contribution is -2.15. The highest BCUT2D eigenvalue weighted by Crippen LogP contribution is 2.28. The Bertz CT molecular complexity index is 635. The first-order chi connectivity index (χ1) is 9.50. The zero-order valence-corrected chi connectivity index (χ0v) is 12.8. The molecule has 3 N–H and O–H groups in total. The molecule has 0 bridgehead atoms. The number of aryl methyl sites for hydroxylation is 1. The second-order valence-electron chi connectivity index (χ2n) is 5.08. The van der Waals surface area contributed by atoms with Crippen LogP contribution in [0.15, 0.2) is 36.5 Å². The number of hydrogen-bond donors (Lipinski definition) is 2. The van der Waals surface area contributed by atoms with E-state index in [4.69, 9.17) is 18.0 Å². The molecule has 0 aliphatic rings. The molecule has 1 aromatic heterocycles. The Morgan fingerprint density at radius 1 is 1.25 bits per heavy atom. The number of rotatable bonds is 4. The van der Waals surface area contributed by atoms with E-state index >= 15 is 0 Å². The summed E-state index contributed by atoms with van der Waals surface area (Å²) in [6, 6.07) is 10.1. The molecular formula is C16H19N3S. The van der Waals surface area contributed by atoms with Gasteiger partial charge in [0.2, 0.25) is 0 Å². The molecule has 0 saturated carbocycles. The standard InChI is InChI=1S/C16H19N3S/c1-10(2)12-6-4-5-7-13(12)19-16-14(15(17)20)11(3)8-9-18-16/h4-10H,1-3H3,(H2,17,20)(H,18,19). The van der Waals surface area contributed by atoms with Crippen LogP contribution in [0.3, 0.4) is 0 Å². The predicted octanol–water partition coefficient (Wildman–Crippen LogP) is 3.89. The molecule has 4 heteroatoms. The summed E-state index contributed by atoms with van der Waals surface area (Å²) < 4.78 is 0. The molecule has 0 unspecified atom stereocenters. The molecule has 0 aliphatic heterocycles. The van der Waals surface area contributed by atoms with Crippen LogP contribution in [0.5, 0.6) is 0 Å². The molecule has 1 aromatic carbocycles. The normalized spacial score (nSPS) is 10.6. The van der Waals surface area contributed by atoms with Crippen molar-refractivity contribution in [1.82, 2.24) is 4.98 Å². The van der Waals surface area contributed by atoms with Crippen molar-refractivity contribution < 1.29 is 0 Å². The molecule has 104 valence electrons. The zero-order valence-electron chi connectivity index (χ0n) is 12.0. The lowest BCUT2D eigenvalue weighted by Gasteiger charge is -2.16. The molecule has 0 spiro atoms. The van der Waals surface area contributed by atoms with Gasteiger partial charge in [-0.1, -0.05) is 44.3 Å². The highest BCUT2D eigenvalue weighted by Gasteiger charge is 2.12. The van der Waals surface area contributed by atoms with E-state index < -0.39 is 0 Å².